The summed E-state index contributed by atoms with van der Waals surface area (Å²) < 4.78 is 28.8. The number of benzene rings is 3. The Balaban J connectivity index is 1.56. The highest BCUT2D eigenvalue weighted by atomic mass is 35.5. The molecule has 0 aliphatic carbocycles. The van der Waals surface area contributed by atoms with Gasteiger partial charge >= 0.3 is 6.03 Å². The number of hydrogen-bond acceptors (Lipinski definition) is 4. The summed E-state index contributed by atoms with van der Waals surface area (Å²) in [6.45, 7) is 4.00. The number of rotatable bonds is 7. The SMILES string of the molecule is Cc1cccc(CSc2nnc(CNC(=O)Nc3ccc(F)cc3F)n2-c2cc(Cl)ccc2C)c1. The van der Waals surface area contributed by atoms with Crippen molar-refractivity contribution in [1.82, 2.24) is 20.1 Å². The van der Waals surface area contributed by atoms with E-state index < -0.39 is 17.7 Å². The molecule has 0 aliphatic heterocycles. The first-order valence-electron chi connectivity index (χ1n) is 10.7. The summed E-state index contributed by atoms with van der Waals surface area (Å²) in [5.74, 6) is -0.448. The number of aryl methyl sites for hydroxylation is 2. The highest BCUT2D eigenvalue weighted by Gasteiger charge is 2.18. The number of nitrogens with one attached hydrogen (secondary N) is 2. The van der Waals surface area contributed by atoms with Crippen LogP contribution in [-0.4, -0.2) is 20.8 Å². The molecule has 0 saturated heterocycles. The molecule has 4 aromatic rings. The van der Waals surface area contributed by atoms with Gasteiger partial charge in [0.15, 0.2) is 11.0 Å². The molecule has 6 nitrogen and oxygen atoms in total. The van der Waals surface area contributed by atoms with Crippen LogP contribution in [0.5, 0.6) is 0 Å². The quantitative estimate of drug-likeness (QED) is 0.279. The van der Waals surface area contributed by atoms with Gasteiger partial charge < -0.3 is 10.6 Å². The highest BCUT2D eigenvalue weighted by Crippen LogP contribution is 2.28. The first-order chi connectivity index (χ1) is 16.8. The Hall–Kier alpha value is -3.43. The number of halogens is 3. The van der Waals surface area contributed by atoms with Crippen LogP contribution in [-0.2, 0) is 12.3 Å². The third-order valence-corrected chi connectivity index (χ3v) is 6.38. The molecule has 35 heavy (non-hydrogen) atoms. The first-order valence-corrected chi connectivity index (χ1v) is 12.1. The summed E-state index contributed by atoms with van der Waals surface area (Å²) in [4.78, 5) is 12.4. The summed E-state index contributed by atoms with van der Waals surface area (Å²) in [6, 6.07) is 16.0. The Bertz CT molecular complexity index is 1380. The van der Waals surface area contributed by atoms with E-state index in [1.54, 1.807) is 6.07 Å². The van der Waals surface area contributed by atoms with Gasteiger partial charge in [-0.1, -0.05) is 59.3 Å². The van der Waals surface area contributed by atoms with Gasteiger partial charge in [-0.05, 0) is 49.2 Å². The van der Waals surface area contributed by atoms with E-state index in [1.165, 1.54) is 17.3 Å². The number of anilines is 1. The van der Waals surface area contributed by atoms with Gasteiger partial charge in [0, 0.05) is 16.8 Å². The Labute approximate surface area is 210 Å². The molecule has 10 heteroatoms. The number of hydrogen-bond donors (Lipinski definition) is 2. The minimum atomic E-state index is -0.868. The average molecular weight is 514 g/mol. The van der Waals surface area contributed by atoms with Gasteiger partial charge in [0.2, 0.25) is 0 Å². The number of thioether (sulfide) groups is 1. The molecular formula is C25H22ClF2N5OS. The standard InChI is InChI=1S/C25H22ClF2N5OS/c1-15-4-3-5-17(10-15)14-35-25-32-31-23(33(25)22-11-18(26)7-6-16(22)2)13-29-24(34)30-21-9-8-19(27)12-20(21)28/h3-12H,13-14H2,1-2H3,(H2,29,30,34). The van der Waals surface area contributed by atoms with E-state index in [9.17, 15) is 13.6 Å². The van der Waals surface area contributed by atoms with Gasteiger partial charge in [-0.3, -0.25) is 4.57 Å². The Morgan fingerprint density at radius 1 is 1.06 bits per heavy atom. The van der Waals surface area contributed by atoms with Crippen LogP contribution in [0.2, 0.25) is 5.02 Å². The zero-order valence-corrected chi connectivity index (χ0v) is 20.6. The van der Waals surface area contributed by atoms with E-state index >= 15 is 0 Å². The molecular weight excluding hydrogens is 492 g/mol. The van der Waals surface area contributed by atoms with Crippen molar-refractivity contribution in [3.05, 3.63) is 99.8 Å². The van der Waals surface area contributed by atoms with Crippen LogP contribution in [0.3, 0.4) is 0 Å². The summed E-state index contributed by atoms with van der Waals surface area (Å²) >= 11 is 7.78. The van der Waals surface area contributed by atoms with Crippen molar-refractivity contribution in [3.8, 4) is 5.69 Å². The monoisotopic (exact) mass is 513 g/mol. The Kier molecular flexibility index (Phi) is 7.67. The van der Waals surface area contributed by atoms with Crippen molar-refractivity contribution >= 4 is 35.1 Å². The van der Waals surface area contributed by atoms with Gasteiger partial charge in [0.05, 0.1) is 17.9 Å². The second kappa shape index (κ2) is 10.9. The van der Waals surface area contributed by atoms with E-state index in [0.717, 1.165) is 28.9 Å². The van der Waals surface area contributed by atoms with E-state index in [-0.39, 0.29) is 12.2 Å². The fourth-order valence-corrected chi connectivity index (χ4v) is 4.51. The van der Waals surface area contributed by atoms with Crippen LogP contribution in [0.25, 0.3) is 5.69 Å². The molecule has 0 aliphatic rings. The fraction of sp³-hybridized carbons (Fsp3) is 0.160. The van der Waals surface area contributed by atoms with Gasteiger partial charge in [-0.25, -0.2) is 13.6 Å². The maximum Gasteiger partial charge on any atom is 0.319 e. The molecule has 1 aromatic heterocycles. The largest absolute Gasteiger partial charge is 0.331 e. The van der Waals surface area contributed by atoms with Crippen molar-refractivity contribution in [1.29, 1.82) is 0 Å². The molecule has 0 spiro atoms. The number of carbonyl (C=O) groups excluding carboxylic acids is 1. The van der Waals surface area contributed by atoms with E-state index in [0.29, 0.717) is 27.8 Å². The lowest BCUT2D eigenvalue weighted by Gasteiger charge is -2.14. The summed E-state index contributed by atoms with van der Waals surface area (Å²) in [7, 11) is 0. The number of urea groups is 1. The topological polar surface area (TPSA) is 71.8 Å². The molecule has 0 fully saturated rings. The van der Waals surface area contributed by atoms with Crippen molar-refractivity contribution in [2.24, 2.45) is 0 Å². The third-order valence-electron chi connectivity index (χ3n) is 5.15. The molecule has 0 bridgehead atoms. The highest BCUT2D eigenvalue weighted by molar-refractivity contribution is 7.98. The lowest BCUT2D eigenvalue weighted by atomic mass is 10.2. The predicted octanol–water partition coefficient (Wildman–Crippen LogP) is 6.43. The number of amides is 2. The van der Waals surface area contributed by atoms with Crippen molar-refractivity contribution < 1.29 is 13.6 Å². The third kappa shape index (κ3) is 6.17. The second-order valence-electron chi connectivity index (χ2n) is 7.87. The summed E-state index contributed by atoms with van der Waals surface area (Å²) in [6.07, 6.45) is 0. The molecule has 0 saturated carbocycles. The van der Waals surface area contributed by atoms with Gasteiger partial charge in [0.25, 0.3) is 0 Å². The first kappa shape index (κ1) is 24.7. The van der Waals surface area contributed by atoms with Gasteiger partial charge in [-0.2, -0.15) is 0 Å². The molecule has 0 unspecified atom stereocenters. The normalized spacial score (nSPS) is 10.9. The predicted molar refractivity (Wildman–Crippen MR) is 134 cm³/mol. The average Bonchev–Trinajstić information content (AvgIpc) is 3.22. The lowest BCUT2D eigenvalue weighted by Crippen LogP contribution is -2.29. The van der Waals surface area contributed by atoms with Crippen LogP contribution in [0.15, 0.2) is 65.8 Å². The Morgan fingerprint density at radius 2 is 1.89 bits per heavy atom. The zero-order valence-electron chi connectivity index (χ0n) is 19.0. The van der Waals surface area contributed by atoms with Crippen LogP contribution in [0.4, 0.5) is 19.3 Å². The summed E-state index contributed by atoms with van der Waals surface area (Å²) in [5, 5.41) is 14.8. The van der Waals surface area contributed by atoms with Crippen LogP contribution < -0.4 is 10.6 Å². The minimum Gasteiger partial charge on any atom is -0.331 e. The van der Waals surface area contributed by atoms with Crippen LogP contribution in [0, 0.1) is 25.5 Å². The smallest absolute Gasteiger partial charge is 0.319 e. The lowest BCUT2D eigenvalue weighted by molar-refractivity contribution is 0.251. The minimum absolute atomic E-state index is 0.0125. The van der Waals surface area contributed by atoms with Crippen molar-refractivity contribution in [3.63, 3.8) is 0 Å². The molecule has 3 aromatic carbocycles. The van der Waals surface area contributed by atoms with E-state index in [1.807, 2.05) is 48.7 Å². The summed E-state index contributed by atoms with van der Waals surface area (Å²) in [5.41, 5.74) is 3.92. The molecule has 0 radical (unpaired) electrons. The maximum atomic E-state index is 13.9. The van der Waals surface area contributed by atoms with E-state index in [4.69, 9.17) is 11.6 Å². The molecule has 2 amide bonds. The number of aromatic nitrogens is 3. The molecule has 0 atom stereocenters. The van der Waals surface area contributed by atoms with Gasteiger partial charge in [-0.15, -0.1) is 10.2 Å². The molecule has 1 heterocycles. The second-order valence-corrected chi connectivity index (χ2v) is 9.25. The van der Waals surface area contributed by atoms with Crippen molar-refractivity contribution in [2.75, 3.05) is 5.32 Å². The molecule has 180 valence electrons. The van der Waals surface area contributed by atoms with Crippen LogP contribution in [0.1, 0.15) is 22.5 Å². The zero-order chi connectivity index (χ0) is 24.9. The van der Waals surface area contributed by atoms with Crippen molar-refractivity contribution in [2.45, 2.75) is 31.3 Å². The van der Waals surface area contributed by atoms with E-state index in [2.05, 4.69) is 26.9 Å². The Morgan fingerprint density at radius 3 is 2.66 bits per heavy atom. The molecule has 4 rings (SSSR count). The van der Waals surface area contributed by atoms with Gasteiger partial charge in [0.1, 0.15) is 11.6 Å². The van der Waals surface area contributed by atoms with Crippen LogP contribution >= 0.6 is 23.4 Å². The number of nitrogens with zero attached hydrogens (tertiary/aromatic N) is 3. The number of carbonyl (C=O) groups is 1. The molecule has 2 N–H and O–H groups in total. The maximum absolute atomic E-state index is 13.9. The fourth-order valence-electron chi connectivity index (χ4n) is 3.44.